The van der Waals surface area contributed by atoms with E-state index in [1.165, 1.54) is 32.1 Å². The Hall–Kier alpha value is -0.0800. The van der Waals surface area contributed by atoms with Crippen LogP contribution in [0.5, 0.6) is 0 Å². The average molecular weight is 183 g/mol. The first-order chi connectivity index (χ1) is 6.27. The highest BCUT2D eigenvalue weighted by Crippen LogP contribution is 2.46. The smallest absolute Gasteiger partial charge is 0.0590 e. The normalized spacial score (nSPS) is 45.7. The predicted octanol–water partition coefficient (Wildman–Crippen LogP) is 1.54. The maximum Gasteiger partial charge on any atom is 0.0590 e. The van der Waals surface area contributed by atoms with Crippen molar-refractivity contribution in [3.8, 4) is 0 Å². The Kier molecular flexibility index (Phi) is 2.61. The number of aliphatic hydroxyl groups is 1. The Bertz CT molecular complexity index is 183. The van der Waals surface area contributed by atoms with E-state index in [1.807, 2.05) is 0 Å². The molecule has 2 N–H and O–H groups in total. The summed E-state index contributed by atoms with van der Waals surface area (Å²) in [5.41, 5.74) is 0.451. The van der Waals surface area contributed by atoms with Gasteiger partial charge in [-0.05, 0) is 37.1 Å². The first-order valence-corrected chi connectivity index (χ1v) is 5.61. The van der Waals surface area contributed by atoms with Crippen LogP contribution in [0.25, 0.3) is 0 Å². The standard InChI is InChI=1S/C11H21NO/c1-9-3-2-4-11(7-9)5-6-12-10(11)8-13/h9-10,12-13H,2-8H2,1H3. The molecule has 76 valence electrons. The minimum Gasteiger partial charge on any atom is -0.395 e. The van der Waals surface area contributed by atoms with Crippen molar-refractivity contribution in [1.29, 1.82) is 0 Å². The summed E-state index contributed by atoms with van der Waals surface area (Å²) in [4.78, 5) is 0. The second-order valence-corrected chi connectivity index (χ2v) is 5.00. The van der Waals surface area contributed by atoms with Gasteiger partial charge in [0.05, 0.1) is 6.61 Å². The molecule has 0 aromatic rings. The second kappa shape index (κ2) is 3.58. The van der Waals surface area contributed by atoms with Gasteiger partial charge in [0.25, 0.3) is 0 Å². The lowest BCUT2D eigenvalue weighted by Gasteiger charge is -2.40. The highest BCUT2D eigenvalue weighted by molar-refractivity contribution is 4.99. The third kappa shape index (κ3) is 1.62. The molecule has 2 aliphatic rings. The molecule has 0 aromatic carbocycles. The van der Waals surface area contributed by atoms with Gasteiger partial charge in [-0.3, -0.25) is 0 Å². The van der Waals surface area contributed by atoms with Gasteiger partial charge in [0.2, 0.25) is 0 Å². The van der Waals surface area contributed by atoms with E-state index in [4.69, 9.17) is 0 Å². The van der Waals surface area contributed by atoms with Crippen molar-refractivity contribution in [2.24, 2.45) is 11.3 Å². The van der Waals surface area contributed by atoms with Crippen molar-refractivity contribution in [2.75, 3.05) is 13.2 Å². The number of rotatable bonds is 1. The summed E-state index contributed by atoms with van der Waals surface area (Å²) in [6.07, 6.45) is 6.68. The summed E-state index contributed by atoms with van der Waals surface area (Å²) in [6, 6.07) is 0.384. The van der Waals surface area contributed by atoms with E-state index in [9.17, 15) is 5.11 Å². The van der Waals surface area contributed by atoms with Crippen LogP contribution in [0.2, 0.25) is 0 Å². The summed E-state index contributed by atoms with van der Waals surface area (Å²) in [6.45, 7) is 3.79. The molecule has 2 rings (SSSR count). The van der Waals surface area contributed by atoms with Crippen molar-refractivity contribution in [1.82, 2.24) is 5.32 Å². The molecule has 1 spiro atoms. The molecule has 0 aromatic heterocycles. The molecule has 3 unspecified atom stereocenters. The predicted molar refractivity (Wildman–Crippen MR) is 53.6 cm³/mol. The van der Waals surface area contributed by atoms with Crippen molar-refractivity contribution in [3.63, 3.8) is 0 Å². The maximum absolute atomic E-state index is 9.31. The van der Waals surface area contributed by atoms with Crippen LogP contribution in [0.1, 0.15) is 39.0 Å². The molecule has 1 saturated heterocycles. The van der Waals surface area contributed by atoms with Gasteiger partial charge in [0.1, 0.15) is 0 Å². The van der Waals surface area contributed by atoms with E-state index in [1.54, 1.807) is 0 Å². The molecule has 3 atom stereocenters. The molecular weight excluding hydrogens is 162 g/mol. The van der Waals surface area contributed by atoms with Crippen LogP contribution in [0.15, 0.2) is 0 Å². The first-order valence-electron chi connectivity index (χ1n) is 5.61. The Balaban J connectivity index is 2.08. The summed E-state index contributed by atoms with van der Waals surface area (Å²) >= 11 is 0. The van der Waals surface area contributed by atoms with Gasteiger partial charge in [0, 0.05) is 6.04 Å². The monoisotopic (exact) mass is 183 g/mol. The fourth-order valence-electron chi connectivity index (χ4n) is 3.39. The van der Waals surface area contributed by atoms with E-state index in [2.05, 4.69) is 12.2 Å². The zero-order valence-corrected chi connectivity index (χ0v) is 8.55. The fourth-order valence-corrected chi connectivity index (χ4v) is 3.39. The molecule has 1 aliphatic heterocycles. The minimum atomic E-state index is 0.326. The topological polar surface area (TPSA) is 32.3 Å². The van der Waals surface area contributed by atoms with Crippen molar-refractivity contribution in [3.05, 3.63) is 0 Å². The van der Waals surface area contributed by atoms with Gasteiger partial charge in [-0.2, -0.15) is 0 Å². The fraction of sp³-hybridized carbons (Fsp3) is 1.00. The van der Waals surface area contributed by atoms with E-state index < -0.39 is 0 Å². The quantitative estimate of drug-likeness (QED) is 0.646. The van der Waals surface area contributed by atoms with Gasteiger partial charge in [-0.1, -0.05) is 19.8 Å². The van der Waals surface area contributed by atoms with Crippen LogP contribution in [-0.4, -0.2) is 24.3 Å². The van der Waals surface area contributed by atoms with Crippen LogP contribution in [0.3, 0.4) is 0 Å². The van der Waals surface area contributed by atoms with Crippen LogP contribution in [-0.2, 0) is 0 Å². The van der Waals surface area contributed by atoms with E-state index >= 15 is 0 Å². The molecule has 2 fully saturated rings. The average Bonchev–Trinajstić information content (AvgIpc) is 2.47. The Morgan fingerprint density at radius 2 is 2.31 bits per heavy atom. The van der Waals surface area contributed by atoms with Gasteiger partial charge in [0.15, 0.2) is 0 Å². The second-order valence-electron chi connectivity index (χ2n) is 5.00. The van der Waals surface area contributed by atoms with Gasteiger partial charge in [-0.15, -0.1) is 0 Å². The summed E-state index contributed by atoms with van der Waals surface area (Å²) in [7, 11) is 0. The first kappa shape index (κ1) is 9.47. The highest BCUT2D eigenvalue weighted by atomic mass is 16.3. The molecule has 0 bridgehead atoms. The molecule has 13 heavy (non-hydrogen) atoms. The van der Waals surface area contributed by atoms with Crippen LogP contribution >= 0.6 is 0 Å². The highest BCUT2D eigenvalue weighted by Gasteiger charge is 2.44. The van der Waals surface area contributed by atoms with E-state index in [0.717, 1.165) is 12.5 Å². The third-order valence-corrected chi connectivity index (χ3v) is 4.06. The number of hydrogen-bond acceptors (Lipinski definition) is 2. The summed E-state index contributed by atoms with van der Waals surface area (Å²) in [5, 5.41) is 12.7. The zero-order valence-electron chi connectivity index (χ0n) is 8.55. The van der Waals surface area contributed by atoms with Crippen molar-refractivity contribution >= 4 is 0 Å². The molecule has 2 nitrogen and oxygen atoms in total. The van der Waals surface area contributed by atoms with Crippen LogP contribution in [0, 0.1) is 11.3 Å². The Morgan fingerprint density at radius 1 is 1.46 bits per heavy atom. The summed E-state index contributed by atoms with van der Waals surface area (Å²) < 4.78 is 0. The number of aliphatic hydroxyl groups excluding tert-OH is 1. The third-order valence-electron chi connectivity index (χ3n) is 4.06. The minimum absolute atomic E-state index is 0.326. The lowest BCUT2D eigenvalue weighted by Crippen LogP contribution is -2.42. The molecule has 1 saturated carbocycles. The molecule has 1 heterocycles. The van der Waals surface area contributed by atoms with E-state index in [-0.39, 0.29) is 0 Å². The molecule has 0 amide bonds. The Morgan fingerprint density at radius 3 is 3.00 bits per heavy atom. The number of nitrogens with one attached hydrogen (secondary N) is 1. The lowest BCUT2D eigenvalue weighted by atomic mass is 9.66. The van der Waals surface area contributed by atoms with Crippen molar-refractivity contribution in [2.45, 2.75) is 45.1 Å². The largest absolute Gasteiger partial charge is 0.395 e. The molecule has 0 radical (unpaired) electrons. The summed E-state index contributed by atoms with van der Waals surface area (Å²) in [5.74, 6) is 0.864. The molecule has 1 aliphatic carbocycles. The zero-order chi connectivity index (χ0) is 9.31. The van der Waals surface area contributed by atoms with Crippen LogP contribution in [0.4, 0.5) is 0 Å². The van der Waals surface area contributed by atoms with Crippen LogP contribution < -0.4 is 5.32 Å². The maximum atomic E-state index is 9.31. The van der Waals surface area contributed by atoms with Gasteiger partial charge >= 0.3 is 0 Å². The lowest BCUT2D eigenvalue weighted by molar-refractivity contribution is 0.0899. The van der Waals surface area contributed by atoms with E-state index in [0.29, 0.717) is 18.1 Å². The van der Waals surface area contributed by atoms with Gasteiger partial charge < -0.3 is 10.4 Å². The SMILES string of the molecule is CC1CCCC2(CCNC2CO)C1. The molecular formula is C11H21NO. The van der Waals surface area contributed by atoms with Gasteiger partial charge in [-0.25, -0.2) is 0 Å². The molecule has 2 heteroatoms. The number of hydrogen-bond donors (Lipinski definition) is 2. The Labute approximate surface area is 80.7 Å². The van der Waals surface area contributed by atoms with Crippen molar-refractivity contribution < 1.29 is 5.11 Å².